The zero-order chi connectivity index (χ0) is 35.3. The molecule has 0 saturated carbocycles. The third kappa shape index (κ3) is 4.24. The molecule has 10 aromatic rings. The summed E-state index contributed by atoms with van der Waals surface area (Å²) >= 11 is 0. The van der Waals surface area contributed by atoms with Gasteiger partial charge in [0.05, 0.1) is 5.52 Å². The molecule has 12 rings (SSSR count). The molecule has 1 nitrogen and oxygen atoms in total. The van der Waals surface area contributed by atoms with Crippen LogP contribution in [0.5, 0.6) is 0 Å². The molecule has 2 aliphatic carbocycles. The van der Waals surface area contributed by atoms with Gasteiger partial charge in [0, 0.05) is 11.6 Å². The molecule has 1 heterocycles. The van der Waals surface area contributed by atoms with Crippen LogP contribution in [0, 0.1) is 0 Å². The van der Waals surface area contributed by atoms with Crippen LogP contribution in [0.4, 0.5) is 0 Å². The van der Waals surface area contributed by atoms with E-state index in [1.807, 2.05) is 12.3 Å². The van der Waals surface area contributed by atoms with Crippen LogP contribution in [-0.2, 0) is 0 Å². The third-order valence-corrected chi connectivity index (χ3v) is 11.8. The lowest BCUT2D eigenvalue weighted by Crippen LogP contribution is -1.90. The van der Waals surface area contributed by atoms with Gasteiger partial charge in [-0.15, -0.1) is 0 Å². The zero-order valence-corrected chi connectivity index (χ0v) is 29.3. The van der Waals surface area contributed by atoms with Gasteiger partial charge in [-0.25, -0.2) is 0 Å². The van der Waals surface area contributed by atoms with Crippen LogP contribution < -0.4 is 0 Å². The van der Waals surface area contributed by atoms with E-state index >= 15 is 0 Å². The summed E-state index contributed by atoms with van der Waals surface area (Å²) in [5, 5.41) is 6.42. The highest BCUT2D eigenvalue weighted by atomic mass is 14.6. The van der Waals surface area contributed by atoms with Crippen LogP contribution in [0.1, 0.15) is 0 Å². The molecule has 9 aromatic carbocycles. The number of rotatable bonds is 4. The lowest BCUT2D eigenvalue weighted by molar-refractivity contribution is 1.41. The Morgan fingerprint density at radius 2 is 0.704 bits per heavy atom. The maximum Gasteiger partial charge on any atom is 0.0702 e. The fourth-order valence-corrected chi connectivity index (χ4v) is 9.36. The largest absolute Gasteiger partial charge is 0.256 e. The maximum atomic E-state index is 4.55. The van der Waals surface area contributed by atoms with E-state index in [0.29, 0.717) is 0 Å². The molecule has 0 unspecified atom stereocenters. The minimum Gasteiger partial charge on any atom is -0.256 e. The van der Waals surface area contributed by atoms with Crippen LogP contribution in [0.2, 0.25) is 0 Å². The van der Waals surface area contributed by atoms with Gasteiger partial charge in [0.1, 0.15) is 0 Å². The van der Waals surface area contributed by atoms with E-state index in [9.17, 15) is 0 Å². The van der Waals surface area contributed by atoms with Gasteiger partial charge >= 0.3 is 0 Å². The molecule has 0 radical (unpaired) electrons. The molecular formula is C53H31N. The second-order valence-corrected chi connectivity index (χ2v) is 14.7. The van der Waals surface area contributed by atoms with Gasteiger partial charge in [-0.1, -0.05) is 140 Å². The summed E-state index contributed by atoms with van der Waals surface area (Å²) in [5.74, 6) is 0. The predicted molar refractivity (Wildman–Crippen MR) is 227 cm³/mol. The number of benzene rings is 9. The van der Waals surface area contributed by atoms with Crippen LogP contribution in [-0.4, -0.2) is 4.98 Å². The molecular weight excluding hydrogens is 651 g/mol. The second kappa shape index (κ2) is 11.2. The van der Waals surface area contributed by atoms with Gasteiger partial charge < -0.3 is 0 Å². The van der Waals surface area contributed by atoms with E-state index < -0.39 is 0 Å². The SMILES string of the molecule is c1cc(-c2cc(-c3ccc4c5c(cccc35)-c3ccccc3-4)cc(-c3ccc4c5c(cccc35)-c3ccccc3-4)c2)cc(-c2ccc3ncccc3c2)c1. The summed E-state index contributed by atoms with van der Waals surface area (Å²) < 4.78 is 0. The van der Waals surface area contributed by atoms with Crippen molar-refractivity contribution in [1.82, 2.24) is 4.98 Å². The van der Waals surface area contributed by atoms with Crippen molar-refractivity contribution >= 4 is 32.4 Å². The van der Waals surface area contributed by atoms with Gasteiger partial charge in [-0.3, -0.25) is 4.98 Å². The highest BCUT2D eigenvalue weighted by molar-refractivity contribution is 6.20. The van der Waals surface area contributed by atoms with Crippen molar-refractivity contribution in [2.24, 2.45) is 0 Å². The number of nitrogens with zero attached hydrogens (tertiary/aromatic N) is 1. The van der Waals surface area contributed by atoms with E-state index in [1.165, 1.54) is 111 Å². The molecule has 0 amide bonds. The summed E-state index contributed by atoms with van der Waals surface area (Å²) in [7, 11) is 0. The molecule has 0 atom stereocenters. The average Bonchev–Trinajstić information content (AvgIpc) is 3.75. The Morgan fingerprint density at radius 3 is 1.30 bits per heavy atom. The van der Waals surface area contributed by atoms with E-state index in [4.69, 9.17) is 0 Å². The second-order valence-electron chi connectivity index (χ2n) is 14.7. The third-order valence-electron chi connectivity index (χ3n) is 11.8. The number of hydrogen-bond donors (Lipinski definition) is 0. The van der Waals surface area contributed by atoms with Crippen molar-refractivity contribution in [2.75, 3.05) is 0 Å². The molecule has 248 valence electrons. The van der Waals surface area contributed by atoms with Crippen molar-refractivity contribution < 1.29 is 0 Å². The minimum absolute atomic E-state index is 1.01. The van der Waals surface area contributed by atoms with Crippen molar-refractivity contribution in [3.05, 3.63) is 188 Å². The number of hydrogen-bond acceptors (Lipinski definition) is 1. The van der Waals surface area contributed by atoms with Crippen LogP contribution >= 0.6 is 0 Å². The first-order valence-electron chi connectivity index (χ1n) is 18.7. The smallest absolute Gasteiger partial charge is 0.0702 e. The maximum absolute atomic E-state index is 4.55. The van der Waals surface area contributed by atoms with E-state index in [-0.39, 0.29) is 0 Å². The first-order chi connectivity index (χ1) is 26.8. The standard InChI is InChI=1S/C53H31N/c1-3-14-43-41(12-1)47-18-6-16-45-39(21-23-49(43)52(45)47)37-29-36(33-10-5-9-32(27-33)34-20-25-51-35(28-34)11-8-26-54-51)30-38(31-37)40-22-24-50-44-15-4-2-13-42(44)48-19-7-17-46(40)53(48)50/h1-31H. The van der Waals surface area contributed by atoms with Crippen molar-refractivity contribution in [3.63, 3.8) is 0 Å². The zero-order valence-electron chi connectivity index (χ0n) is 29.3. The fourth-order valence-electron chi connectivity index (χ4n) is 9.36. The van der Waals surface area contributed by atoms with Gasteiger partial charge in [0.15, 0.2) is 0 Å². The van der Waals surface area contributed by atoms with Crippen LogP contribution in [0.25, 0.3) is 121 Å². The van der Waals surface area contributed by atoms with Gasteiger partial charge in [-0.2, -0.15) is 0 Å². The summed E-state index contributed by atoms with van der Waals surface area (Å²) in [4.78, 5) is 4.55. The van der Waals surface area contributed by atoms with Crippen LogP contribution in [0.3, 0.4) is 0 Å². The Kier molecular flexibility index (Phi) is 6.12. The molecule has 0 fully saturated rings. The minimum atomic E-state index is 1.01. The lowest BCUT2D eigenvalue weighted by atomic mass is 9.87. The average molecular weight is 682 g/mol. The molecule has 0 aliphatic heterocycles. The van der Waals surface area contributed by atoms with Gasteiger partial charge in [0.2, 0.25) is 0 Å². The van der Waals surface area contributed by atoms with E-state index in [0.717, 1.165) is 10.9 Å². The molecule has 2 aliphatic rings. The van der Waals surface area contributed by atoms with Gasteiger partial charge in [-0.05, 0) is 153 Å². The highest BCUT2D eigenvalue weighted by Crippen LogP contribution is 2.52. The Balaban J connectivity index is 1.09. The molecule has 0 spiro atoms. The molecule has 1 aromatic heterocycles. The fraction of sp³-hybridized carbons (Fsp3) is 0. The van der Waals surface area contributed by atoms with Gasteiger partial charge in [0.25, 0.3) is 0 Å². The van der Waals surface area contributed by atoms with Crippen LogP contribution in [0.15, 0.2) is 188 Å². The summed E-state index contributed by atoms with van der Waals surface area (Å²) in [5.41, 5.74) is 21.3. The first kappa shape index (κ1) is 29.5. The molecule has 1 heteroatoms. The molecule has 0 saturated heterocycles. The molecule has 54 heavy (non-hydrogen) atoms. The number of aromatic nitrogens is 1. The Bertz CT molecular complexity index is 3010. The Hall–Kier alpha value is -7.09. The van der Waals surface area contributed by atoms with E-state index in [1.54, 1.807) is 0 Å². The Labute approximate surface area is 313 Å². The summed E-state index contributed by atoms with van der Waals surface area (Å²) in [6.45, 7) is 0. The molecule has 0 bridgehead atoms. The van der Waals surface area contributed by atoms with Crippen molar-refractivity contribution in [1.29, 1.82) is 0 Å². The molecule has 0 N–H and O–H groups in total. The number of pyridine rings is 1. The summed E-state index contributed by atoms with van der Waals surface area (Å²) in [6, 6.07) is 67.6. The van der Waals surface area contributed by atoms with Crippen molar-refractivity contribution in [2.45, 2.75) is 0 Å². The summed E-state index contributed by atoms with van der Waals surface area (Å²) in [6.07, 6.45) is 1.86. The highest BCUT2D eigenvalue weighted by Gasteiger charge is 2.25. The predicted octanol–water partition coefficient (Wildman–Crippen LogP) is 14.5. The normalized spacial score (nSPS) is 12.1. The quantitative estimate of drug-likeness (QED) is 0.180. The van der Waals surface area contributed by atoms with Crippen molar-refractivity contribution in [3.8, 4) is 89.0 Å². The number of fused-ring (bicyclic) bond motifs is 7. The first-order valence-corrected chi connectivity index (χ1v) is 18.7. The Morgan fingerprint density at radius 1 is 0.259 bits per heavy atom. The van der Waals surface area contributed by atoms with E-state index in [2.05, 4.69) is 181 Å². The monoisotopic (exact) mass is 681 g/mol. The topological polar surface area (TPSA) is 12.9 Å². The lowest BCUT2D eigenvalue weighted by Gasteiger charge is -2.16.